The van der Waals surface area contributed by atoms with Gasteiger partial charge in [-0.15, -0.1) is 0 Å². The summed E-state index contributed by atoms with van der Waals surface area (Å²) in [6.07, 6.45) is 10.1. The van der Waals surface area contributed by atoms with E-state index in [1.807, 2.05) is 5.57 Å². The molecule has 0 spiro atoms. The van der Waals surface area contributed by atoms with Crippen molar-refractivity contribution < 1.29 is 0 Å². The Morgan fingerprint density at radius 3 is 3.00 bits per heavy atom. The van der Waals surface area contributed by atoms with Crippen LogP contribution in [0.25, 0.3) is 0 Å². The predicted molar refractivity (Wildman–Crippen MR) is 50.8 cm³/mol. The van der Waals surface area contributed by atoms with E-state index >= 15 is 0 Å². The molecule has 0 N–H and O–H groups in total. The minimum Gasteiger partial charge on any atom is -0.0816 e. The summed E-state index contributed by atoms with van der Waals surface area (Å²) in [6, 6.07) is 0. The van der Waals surface area contributed by atoms with E-state index in [0.29, 0.717) is 0 Å². The van der Waals surface area contributed by atoms with Gasteiger partial charge in [0.15, 0.2) is 0 Å². The van der Waals surface area contributed by atoms with Crippen molar-refractivity contribution in [3.63, 3.8) is 0 Å². The lowest BCUT2D eigenvalue weighted by molar-refractivity contribution is 0.350. The highest BCUT2D eigenvalue weighted by molar-refractivity contribution is 5.24. The zero-order valence-corrected chi connectivity index (χ0v) is 7.92. The fourth-order valence-electron chi connectivity index (χ4n) is 4.09. The second kappa shape index (κ2) is 2.37. The fourth-order valence-corrected chi connectivity index (χ4v) is 4.09. The van der Waals surface area contributed by atoms with E-state index in [9.17, 15) is 0 Å². The van der Waals surface area contributed by atoms with Crippen molar-refractivity contribution in [1.82, 2.24) is 0 Å². The zero-order valence-electron chi connectivity index (χ0n) is 7.92. The summed E-state index contributed by atoms with van der Waals surface area (Å²) in [4.78, 5) is 0. The highest BCUT2D eigenvalue weighted by atomic mass is 14.5. The predicted octanol–water partition coefficient (Wildman–Crippen LogP) is 3.39. The zero-order chi connectivity index (χ0) is 8.13. The second-order valence-corrected chi connectivity index (χ2v) is 4.86. The number of hydrogen-bond acceptors (Lipinski definition) is 0. The number of rotatable bonds is 1. The molecular weight excluding hydrogens is 144 g/mol. The van der Waals surface area contributed by atoms with E-state index in [-0.39, 0.29) is 0 Å². The second-order valence-electron chi connectivity index (χ2n) is 4.86. The van der Waals surface area contributed by atoms with E-state index in [1.54, 1.807) is 12.8 Å². The van der Waals surface area contributed by atoms with Gasteiger partial charge in [0, 0.05) is 0 Å². The van der Waals surface area contributed by atoms with Gasteiger partial charge >= 0.3 is 0 Å². The Morgan fingerprint density at radius 1 is 1.33 bits per heavy atom. The molecule has 0 aromatic rings. The standard InChI is InChI=1S/C12H18/c1-2-8-6-9-7-12(8)11-5-3-4-10(9)11/h6,9-12H,2-5,7H2,1H3. The van der Waals surface area contributed by atoms with E-state index in [2.05, 4.69) is 13.0 Å². The van der Waals surface area contributed by atoms with Gasteiger partial charge in [0.1, 0.15) is 0 Å². The maximum atomic E-state index is 2.62. The van der Waals surface area contributed by atoms with Crippen LogP contribution in [0.2, 0.25) is 0 Å². The summed E-state index contributed by atoms with van der Waals surface area (Å²) in [5.74, 6) is 4.28. The summed E-state index contributed by atoms with van der Waals surface area (Å²) in [5.41, 5.74) is 1.81. The van der Waals surface area contributed by atoms with E-state index < -0.39 is 0 Å². The summed E-state index contributed by atoms with van der Waals surface area (Å²) in [5, 5.41) is 0. The first kappa shape index (κ1) is 7.17. The molecule has 0 nitrogen and oxygen atoms in total. The molecule has 0 radical (unpaired) electrons. The number of hydrogen-bond donors (Lipinski definition) is 0. The van der Waals surface area contributed by atoms with Crippen molar-refractivity contribution in [2.75, 3.05) is 0 Å². The first-order valence-corrected chi connectivity index (χ1v) is 5.60. The van der Waals surface area contributed by atoms with Crippen LogP contribution in [-0.2, 0) is 0 Å². The highest BCUT2D eigenvalue weighted by Crippen LogP contribution is 2.58. The topological polar surface area (TPSA) is 0 Å². The molecule has 0 amide bonds. The lowest BCUT2D eigenvalue weighted by Crippen LogP contribution is -2.16. The molecule has 4 atom stereocenters. The number of fused-ring (bicyclic) bond motifs is 5. The molecule has 3 aliphatic rings. The summed E-state index contributed by atoms with van der Waals surface area (Å²) in [7, 11) is 0. The third-order valence-corrected chi connectivity index (χ3v) is 4.53. The lowest BCUT2D eigenvalue weighted by atomic mass is 9.81. The van der Waals surface area contributed by atoms with Crippen molar-refractivity contribution in [2.45, 2.75) is 39.0 Å². The Morgan fingerprint density at radius 2 is 2.17 bits per heavy atom. The van der Waals surface area contributed by atoms with Gasteiger partial charge in [0.05, 0.1) is 0 Å². The summed E-state index contributed by atoms with van der Waals surface area (Å²) < 4.78 is 0. The van der Waals surface area contributed by atoms with Crippen LogP contribution >= 0.6 is 0 Å². The van der Waals surface area contributed by atoms with Gasteiger partial charge in [-0.05, 0) is 49.4 Å². The van der Waals surface area contributed by atoms with Gasteiger partial charge in [0.2, 0.25) is 0 Å². The lowest BCUT2D eigenvalue weighted by Gasteiger charge is -2.24. The van der Waals surface area contributed by atoms with E-state index in [4.69, 9.17) is 0 Å². The molecule has 3 rings (SSSR count). The van der Waals surface area contributed by atoms with Crippen LogP contribution < -0.4 is 0 Å². The van der Waals surface area contributed by atoms with Gasteiger partial charge in [-0.2, -0.15) is 0 Å². The average molecular weight is 162 g/mol. The molecule has 0 heterocycles. The molecular formula is C12H18. The van der Waals surface area contributed by atoms with Gasteiger partial charge in [0.25, 0.3) is 0 Å². The van der Waals surface area contributed by atoms with Gasteiger partial charge < -0.3 is 0 Å². The average Bonchev–Trinajstić information content (AvgIpc) is 2.75. The molecule has 66 valence electrons. The summed E-state index contributed by atoms with van der Waals surface area (Å²) in [6.45, 7) is 2.33. The van der Waals surface area contributed by atoms with Crippen molar-refractivity contribution in [1.29, 1.82) is 0 Å². The maximum absolute atomic E-state index is 2.62. The Kier molecular flexibility index (Phi) is 1.42. The van der Waals surface area contributed by atoms with Crippen LogP contribution in [0.3, 0.4) is 0 Å². The molecule has 2 saturated carbocycles. The van der Waals surface area contributed by atoms with Gasteiger partial charge in [-0.1, -0.05) is 25.0 Å². The van der Waals surface area contributed by atoms with Crippen LogP contribution in [0.1, 0.15) is 39.0 Å². The van der Waals surface area contributed by atoms with Crippen LogP contribution in [0.15, 0.2) is 11.6 Å². The maximum Gasteiger partial charge on any atom is -0.0166 e. The quantitative estimate of drug-likeness (QED) is 0.518. The monoisotopic (exact) mass is 162 g/mol. The molecule has 12 heavy (non-hydrogen) atoms. The third kappa shape index (κ3) is 0.739. The molecule has 0 saturated heterocycles. The van der Waals surface area contributed by atoms with Crippen LogP contribution in [0, 0.1) is 23.7 Å². The SMILES string of the molecule is CCC1=CC2CC1C1CCCC21. The third-order valence-electron chi connectivity index (χ3n) is 4.53. The molecule has 2 bridgehead atoms. The molecule has 4 unspecified atom stereocenters. The smallest absolute Gasteiger partial charge is 0.0166 e. The van der Waals surface area contributed by atoms with Gasteiger partial charge in [-0.3, -0.25) is 0 Å². The Hall–Kier alpha value is -0.260. The fraction of sp³-hybridized carbons (Fsp3) is 0.833. The number of allylic oxidation sites excluding steroid dienone is 2. The van der Waals surface area contributed by atoms with Crippen molar-refractivity contribution >= 4 is 0 Å². The minimum atomic E-state index is 1.01. The molecule has 0 aromatic heterocycles. The normalized spacial score (nSPS) is 49.6. The Balaban J connectivity index is 1.92. The Labute approximate surface area is 75.0 Å². The molecule has 3 aliphatic carbocycles. The summed E-state index contributed by atoms with van der Waals surface area (Å²) >= 11 is 0. The van der Waals surface area contributed by atoms with Crippen molar-refractivity contribution in [2.24, 2.45) is 23.7 Å². The largest absolute Gasteiger partial charge is 0.0816 e. The first-order valence-electron chi connectivity index (χ1n) is 5.60. The van der Waals surface area contributed by atoms with Crippen LogP contribution in [0.5, 0.6) is 0 Å². The van der Waals surface area contributed by atoms with Crippen LogP contribution in [-0.4, -0.2) is 0 Å². The highest BCUT2D eigenvalue weighted by Gasteiger charge is 2.48. The van der Waals surface area contributed by atoms with E-state index in [0.717, 1.165) is 23.7 Å². The van der Waals surface area contributed by atoms with Crippen molar-refractivity contribution in [3.8, 4) is 0 Å². The minimum absolute atomic E-state index is 1.01. The molecule has 2 fully saturated rings. The van der Waals surface area contributed by atoms with Crippen LogP contribution in [0.4, 0.5) is 0 Å². The molecule has 0 heteroatoms. The Bertz CT molecular complexity index is 226. The van der Waals surface area contributed by atoms with Crippen molar-refractivity contribution in [3.05, 3.63) is 11.6 Å². The molecule has 0 aromatic carbocycles. The first-order chi connectivity index (χ1) is 5.90. The molecule has 0 aliphatic heterocycles. The van der Waals surface area contributed by atoms with E-state index in [1.165, 1.54) is 19.3 Å². The van der Waals surface area contributed by atoms with Gasteiger partial charge in [-0.25, -0.2) is 0 Å².